The lowest BCUT2D eigenvalue weighted by Gasteiger charge is -2.32. The Bertz CT molecular complexity index is 699. The molecule has 0 aliphatic rings. The number of carboxylic acid groups (broad SMARTS) is 1. The second kappa shape index (κ2) is 10.4. The van der Waals surface area contributed by atoms with Crippen LogP contribution in [0.1, 0.15) is 25.8 Å². The number of para-hydroxylation sites is 1. The minimum atomic E-state index is -0.777. The van der Waals surface area contributed by atoms with E-state index >= 15 is 0 Å². The van der Waals surface area contributed by atoms with Gasteiger partial charge in [-0.1, -0.05) is 60.2 Å². The minimum absolute atomic E-state index is 0.101. The number of hydrogen-bond donors (Lipinski definition) is 2. The van der Waals surface area contributed by atoms with E-state index < -0.39 is 5.97 Å². The van der Waals surface area contributed by atoms with Gasteiger partial charge in [-0.15, -0.1) is 0 Å². The van der Waals surface area contributed by atoms with Crippen molar-refractivity contribution in [2.75, 3.05) is 18.4 Å². The summed E-state index contributed by atoms with van der Waals surface area (Å²) < 4.78 is 0. The van der Waals surface area contributed by atoms with Gasteiger partial charge in [-0.3, -0.25) is 9.69 Å². The molecule has 0 fully saturated rings. The van der Waals surface area contributed by atoms with Crippen molar-refractivity contribution >= 4 is 11.7 Å². The number of carbonyl (C=O) groups is 1. The van der Waals surface area contributed by atoms with Crippen LogP contribution >= 0.6 is 0 Å². The molecule has 2 rings (SSSR count). The van der Waals surface area contributed by atoms with Gasteiger partial charge in [-0.05, 0) is 31.5 Å². The van der Waals surface area contributed by atoms with Crippen molar-refractivity contribution in [1.29, 1.82) is 0 Å². The van der Waals surface area contributed by atoms with E-state index in [1.807, 2.05) is 55.5 Å². The highest BCUT2D eigenvalue weighted by Crippen LogP contribution is 2.15. The van der Waals surface area contributed by atoms with E-state index in [0.29, 0.717) is 6.54 Å². The van der Waals surface area contributed by atoms with Gasteiger partial charge in [0.2, 0.25) is 0 Å². The lowest BCUT2D eigenvalue weighted by Crippen LogP contribution is -2.42. The van der Waals surface area contributed by atoms with Crippen LogP contribution in [0.5, 0.6) is 0 Å². The van der Waals surface area contributed by atoms with Crippen LogP contribution in [0.2, 0.25) is 0 Å². The zero-order chi connectivity index (χ0) is 18.8. The molecule has 138 valence electrons. The molecule has 2 aromatic carbocycles. The number of carboxylic acids is 1. The van der Waals surface area contributed by atoms with Gasteiger partial charge in [-0.2, -0.15) is 0 Å². The molecule has 0 radical (unpaired) electrons. The van der Waals surface area contributed by atoms with Gasteiger partial charge in [0.25, 0.3) is 0 Å². The summed E-state index contributed by atoms with van der Waals surface area (Å²) in [5.41, 5.74) is 3.42. The normalized spacial score (nSPS) is 12.8. The van der Waals surface area contributed by atoms with Crippen molar-refractivity contribution in [1.82, 2.24) is 4.90 Å². The summed E-state index contributed by atoms with van der Waals surface area (Å²) in [5.74, 6) is -0.777. The molecule has 1 atom stereocenters. The number of rotatable bonds is 10. The number of anilines is 1. The van der Waals surface area contributed by atoms with Gasteiger partial charge in [0.1, 0.15) is 0 Å². The third-order valence-electron chi connectivity index (χ3n) is 4.42. The fourth-order valence-electron chi connectivity index (χ4n) is 2.87. The molecular weight excluding hydrogens is 324 g/mol. The molecular formula is C22H28N2O2. The Labute approximate surface area is 156 Å². The fraction of sp³-hybridized carbons (Fsp3) is 0.318. The Morgan fingerprint density at radius 1 is 1.12 bits per heavy atom. The van der Waals surface area contributed by atoms with Gasteiger partial charge in [0.05, 0.1) is 6.42 Å². The van der Waals surface area contributed by atoms with Crippen molar-refractivity contribution in [3.8, 4) is 0 Å². The molecule has 26 heavy (non-hydrogen) atoms. The van der Waals surface area contributed by atoms with Gasteiger partial charge < -0.3 is 10.4 Å². The number of aliphatic carboxylic acids is 1. The van der Waals surface area contributed by atoms with Crippen molar-refractivity contribution in [3.05, 3.63) is 77.9 Å². The molecule has 0 spiro atoms. The van der Waals surface area contributed by atoms with Crippen molar-refractivity contribution < 1.29 is 9.90 Å². The molecule has 0 bridgehead atoms. The summed E-state index contributed by atoms with van der Waals surface area (Å²) in [6.45, 7) is 6.16. The van der Waals surface area contributed by atoms with Crippen LogP contribution in [0.4, 0.5) is 5.69 Å². The van der Waals surface area contributed by atoms with Gasteiger partial charge in [0, 0.05) is 31.4 Å². The Morgan fingerprint density at radius 2 is 1.73 bits per heavy atom. The maximum Gasteiger partial charge on any atom is 0.305 e. The Balaban J connectivity index is 2.16. The van der Waals surface area contributed by atoms with Gasteiger partial charge in [-0.25, -0.2) is 0 Å². The Hall–Kier alpha value is -2.59. The van der Waals surface area contributed by atoms with Crippen LogP contribution in [0.25, 0.3) is 0 Å². The van der Waals surface area contributed by atoms with E-state index in [4.69, 9.17) is 0 Å². The monoisotopic (exact) mass is 352 g/mol. The average molecular weight is 352 g/mol. The molecule has 0 heterocycles. The summed E-state index contributed by atoms with van der Waals surface area (Å²) in [6.07, 6.45) is 2.18. The number of nitrogens with one attached hydrogen (secondary N) is 1. The molecule has 2 aromatic rings. The first-order valence-corrected chi connectivity index (χ1v) is 8.99. The minimum Gasteiger partial charge on any atom is -0.481 e. The van der Waals surface area contributed by atoms with E-state index in [1.165, 1.54) is 11.1 Å². The predicted molar refractivity (Wildman–Crippen MR) is 107 cm³/mol. The van der Waals surface area contributed by atoms with Crippen LogP contribution in [0, 0.1) is 0 Å². The van der Waals surface area contributed by atoms with E-state index in [1.54, 1.807) is 0 Å². The summed E-state index contributed by atoms with van der Waals surface area (Å²) >= 11 is 0. The largest absolute Gasteiger partial charge is 0.481 e. The smallest absolute Gasteiger partial charge is 0.305 e. The number of nitrogens with zero attached hydrogens (tertiary/aromatic N) is 1. The van der Waals surface area contributed by atoms with Crippen LogP contribution in [0.15, 0.2) is 72.3 Å². The molecule has 2 N–H and O–H groups in total. The number of allylic oxidation sites excluding steroid dienone is 1. The quantitative estimate of drug-likeness (QED) is 0.622. The summed E-state index contributed by atoms with van der Waals surface area (Å²) in [7, 11) is 0. The third-order valence-corrected chi connectivity index (χ3v) is 4.42. The molecule has 0 saturated heterocycles. The molecule has 0 unspecified atom stereocenters. The molecule has 0 aliphatic heterocycles. The first-order chi connectivity index (χ1) is 12.6. The lowest BCUT2D eigenvalue weighted by atomic mass is 10.1. The van der Waals surface area contributed by atoms with Crippen molar-refractivity contribution in [3.63, 3.8) is 0 Å². The maximum absolute atomic E-state index is 11.5. The predicted octanol–water partition coefficient (Wildman–Crippen LogP) is 4.41. The molecule has 0 aliphatic carbocycles. The lowest BCUT2D eigenvalue weighted by molar-refractivity contribution is -0.138. The average Bonchev–Trinajstić information content (AvgIpc) is 2.66. The van der Waals surface area contributed by atoms with E-state index in [9.17, 15) is 9.90 Å². The second-order valence-electron chi connectivity index (χ2n) is 6.52. The molecule has 4 nitrogen and oxygen atoms in total. The zero-order valence-electron chi connectivity index (χ0n) is 15.6. The van der Waals surface area contributed by atoms with Crippen LogP contribution in [-0.4, -0.2) is 35.1 Å². The SMILES string of the molecule is C/C=C(/C)CN(Cc1ccccc1)[C@H](CNc1ccccc1)CC(=O)O. The second-order valence-corrected chi connectivity index (χ2v) is 6.52. The van der Waals surface area contributed by atoms with Crippen molar-refractivity contribution in [2.45, 2.75) is 32.9 Å². The number of hydrogen-bond acceptors (Lipinski definition) is 3. The molecule has 4 heteroatoms. The van der Waals surface area contributed by atoms with Gasteiger partial charge >= 0.3 is 5.97 Å². The van der Waals surface area contributed by atoms with Crippen LogP contribution in [0.3, 0.4) is 0 Å². The molecule has 0 saturated carbocycles. The third kappa shape index (κ3) is 6.73. The molecule has 0 amide bonds. The maximum atomic E-state index is 11.5. The van der Waals surface area contributed by atoms with E-state index in [-0.39, 0.29) is 12.5 Å². The van der Waals surface area contributed by atoms with Gasteiger partial charge in [0.15, 0.2) is 0 Å². The van der Waals surface area contributed by atoms with Crippen molar-refractivity contribution in [2.24, 2.45) is 0 Å². The summed E-state index contributed by atoms with van der Waals surface area (Å²) in [4.78, 5) is 13.7. The zero-order valence-corrected chi connectivity index (χ0v) is 15.6. The molecule has 0 aromatic heterocycles. The standard InChI is InChI=1S/C22H28N2O2/c1-3-18(2)16-24(17-19-10-6-4-7-11-19)21(14-22(25)26)15-23-20-12-8-5-9-13-20/h3-13,21,23H,14-17H2,1-2H3,(H,25,26)/b18-3-/t21-/m0/s1. The summed E-state index contributed by atoms with van der Waals surface area (Å²) in [6, 6.07) is 20.0. The highest BCUT2D eigenvalue weighted by atomic mass is 16.4. The first kappa shape index (κ1) is 19.7. The van der Waals surface area contributed by atoms with Crippen LogP contribution in [-0.2, 0) is 11.3 Å². The fourth-order valence-corrected chi connectivity index (χ4v) is 2.87. The highest BCUT2D eigenvalue weighted by Gasteiger charge is 2.22. The first-order valence-electron chi connectivity index (χ1n) is 8.99. The highest BCUT2D eigenvalue weighted by molar-refractivity contribution is 5.67. The number of benzene rings is 2. The van der Waals surface area contributed by atoms with Crippen LogP contribution < -0.4 is 5.32 Å². The van der Waals surface area contributed by atoms with E-state index in [2.05, 4.69) is 35.3 Å². The Kier molecular flexibility index (Phi) is 7.90. The Morgan fingerprint density at radius 3 is 2.31 bits per heavy atom. The van der Waals surface area contributed by atoms with E-state index in [0.717, 1.165) is 18.8 Å². The summed E-state index contributed by atoms with van der Waals surface area (Å²) in [5, 5.41) is 12.8. The topological polar surface area (TPSA) is 52.6 Å².